The van der Waals surface area contributed by atoms with Crippen molar-refractivity contribution in [2.45, 2.75) is 26.8 Å². The lowest BCUT2D eigenvalue weighted by atomic mass is 10.2. The molecule has 1 amide bonds. The van der Waals surface area contributed by atoms with Crippen molar-refractivity contribution in [1.82, 2.24) is 14.8 Å². The predicted octanol–water partition coefficient (Wildman–Crippen LogP) is 2.43. The van der Waals surface area contributed by atoms with Crippen LogP contribution in [0.1, 0.15) is 26.2 Å². The van der Waals surface area contributed by atoms with E-state index in [1.165, 1.54) is 12.1 Å². The monoisotopic (exact) mass is 346 g/mol. The lowest BCUT2D eigenvalue weighted by Crippen LogP contribution is -2.37. The number of carbonyl (C=O) groups is 1. The van der Waals surface area contributed by atoms with Gasteiger partial charge in [-0.05, 0) is 12.5 Å². The molecule has 0 aliphatic carbocycles. The van der Waals surface area contributed by atoms with Gasteiger partial charge in [-0.15, -0.1) is 0 Å². The third kappa shape index (κ3) is 3.96. The van der Waals surface area contributed by atoms with E-state index in [0.29, 0.717) is 30.1 Å². The molecule has 0 saturated carbocycles. The zero-order chi connectivity index (χ0) is 18.0. The molecule has 25 heavy (non-hydrogen) atoms. The van der Waals surface area contributed by atoms with Crippen molar-refractivity contribution in [1.29, 1.82) is 0 Å². The van der Waals surface area contributed by atoms with E-state index >= 15 is 0 Å². The molecule has 1 aromatic carbocycles. The topological polar surface area (TPSA) is 92.7 Å². The van der Waals surface area contributed by atoms with Crippen LogP contribution in [0.4, 0.5) is 5.69 Å². The molecule has 2 aromatic rings. The minimum atomic E-state index is -0.442. The minimum Gasteiger partial charge on any atom is -0.439 e. The number of rotatable bonds is 4. The first-order chi connectivity index (χ1) is 11.9. The molecule has 0 unspecified atom stereocenters. The molecule has 1 aliphatic heterocycles. The molecule has 1 aromatic heterocycles. The maximum absolute atomic E-state index is 12.1. The molecule has 0 radical (unpaired) electrons. The first kappa shape index (κ1) is 17.3. The Labute approximate surface area is 145 Å². The average Bonchev–Trinajstić information content (AvgIpc) is 2.83. The summed E-state index contributed by atoms with van der Waals surface area (Å²) in [5.41, 5.74) is 1.05. The summed E-state index contributed by atoms with van der Waals surface area (Å²) in [4.78, 5) is 31.0. The zero-order valence-electron chi connectivity index (χ0n) is 14.5. The van der Waals surface area contributed by atoms with E-state index in [-0.39, 0.29) is 17.5 Å². The van der Waals surface area contributed by atoms with Crippen LogP contribution in [0.2, 0.25) is 0 Å². The van der Waals surface area contributed by atoms with Crippen molar-refractivity contribution >= 4 is 22.7 Å². The Morgan fingerprint density at radius 1 is 1.32 bits per heavy atom. The van der Waals surface area contributed by atoms with Gasteiger partial charge < -0.3 is 9.32 Å². The van der Waals surface area contributed by atoms with Crippen molar-refractivity contribution in [2.24, 2.45) is 5.92 Å². The number of amides is 1. The Hall–Kier alpha value is -2.48. The molecule has 0 N–H and O–H groups in total. The Morgan fingerprint density at radius 2 is 2.12 bits per heavy atom. The highest BCUT2D eigenvalue weighted by atomic mass is 16.6. The molecule has 134 valence electrons. The maximum atomic E-state index is 12.1. The summed E-state index contributed by atoms with van der Waals surface area (Å²) in [7, 11) is 0. The lowest BCUT2D eigenvalue weighted by molar-refractivity contribution is -0.384. The van der Waals surface area contributed by atoms with E-state index in [1.807, 2.05) is 18.7 Å². The summed E-state index contributed by atoms with van der Waals surface area (Å²) >= 11 is 0. The second-order valence-electron chi connectivity index (χ2n) is 6.63. The lowest BCUT2D eigenvalue weighted by Gasteiger charge is -2.23. The summed E-state index contributed by atoms with van der Waals surface area (Å²) in [5, 5.41) is 10.8. The fourth-order valence-corrected chi connectivity index (χ4v) is 3.05. The van der Waals surface area contributed by atoms with Gasteiger partial charge in [0, 0.05) is 44.2 Å². The zero-order valence-corrected chi connectivity index (χ0v) is 14.5. The van der Waals surface area contributed by atoms with Crippen LogP contribution < -0.4 is 0 Å². The summed E-state index contributed by atoms with van der Waals surface area (Å²) < 4.78 is 5.70. The number of nitro benzene ring substituents is 1. The minimum absolute atomic E-state index is 0.00459. The van der Waals surface area contributed by atoms with Gasteiger partial charge >= 0.3 is 0 Å². The van der Waals surface area contributed by atoms with Crippen LogP contribution in [0.15, 0.2) is 22.6 Å². The van der Waals surface area contributed by atoms with Crippen molar-refractivity contribution in [3.05, 3.63) is 34.2 Å². The van der Waals surface area contributed by atoms with Crippen LogP contribution in [0.25, 0.3) is 11.1 Å². The summed E-state index contributed by atoms with van der Waals surface area (Å²) in [5.74, 6) is 0.745. The number of benzene rings is 1. The van der Waals surface area contributed by atoms with E-state index < -0.39 is 4.92 Å². The van der Waals surface area contributed by atoms with Crippen molar-refractivity contribution in [3.63, 3.8) is 0 Å². The van der Waals surface area contributed by atoms with Crippen LogP contribution in [0.3, 0.4) is 0 Å². The van der Waals surface area contributed by atoms with E-state index in [0.717, 1.165) is 26.1 Å². The number of carbonyl (C=O) groups excluding carboxylic acids is 1. The SMILES string of the molecule is CC(C)C(=O)N1CCCN(Cc2nc3cc([N+](=O)[O-])ccc3o2)CC1. The second kappa shape index (κ2) is 7.18. The molecule has 0 atom stereocenters. The number of nitro groups is 1. The van der Waals surface area contributed by atoms with Crippen molar-refractivity contribution in [3.8, 4) is 0 Å². The number of nitrogens with zero attached hydrogens (tertiary/aromatic N) is 4. The van der Waals surface area contributed by atoms with Crippen LogP contribution in [0.5, 0.6) is 0 Å². The summed E-state index contributed by atoms with van der Waals surface area (Å²) in [6.07, 6.45) is 0.907. The Kier molecular flexibility index (Phi) is 4.98. The molecular formula is C17H22N4O4. The molecule has 1 saturated heterocycles. The van der Waals surface area contributed by atoms with Gasteiger partial charge in [0.1, 0.15) is 5.52 Å². The first-order valence-corrected chi connectivity index (χ1v) is 8.49. The molecule has 3 rings (SSSR count). The number of hydrogen-bond donors (Lipinski definition) is 0. The Bertz CT molecular complexity index is 786. The largest absolute Gasteiger partial charge is 0.439 e. The first-order valence-electron chi connectivity index (χ1n) is 8.49. The van der Waals surface area contributed by atoms with Gasteiger partial charge in [-0.3, -0.25) is 19.8 Å². The van der Waals surface area contributed by atoms with Gasteiger partial charge in [0.15, 0.2) is 5.58 Å². The number of oxazole rings is 1. The van der Waals surface area contributed by atoms with Gasteiger partial charge in [0.2, 0.25) is 11.8 Å². The second-order valence-corrected chi connectivity index (χ2v) is 6.63. The quantitative estimate of drug-likeness (QED) is 0.623. The van der Waals surface area contributed by atoms with Crippen molar-refractivity contribution in [2.75, 3.05) is 26.2 Å². The van der Waals surface area contributed by atoms with Crippen molar-refractivity contribution < 1.29 is 14.1 Å². The third-order valence-electron chi connectivity index (χ3n) is 4.38. The van der Waals surface area contributed by atoms with Gasteiger partial charge in [0.05, 0.1) is 11.5 Å². The maximum Gasteiger partial charge on any atom is 0.271 e. The highest BCUT2D eigenvalue weighted by Gasteiger charge is 2.22. The average molecular weight is 346 g/mol. The molecule has 0 spiro atoms. The van der Waals surface area contributed by atoms with E-state index in [2.05, 4.69) is 9.88 Å². The van der Waals surface area contributed by atoms with Gasteiger partial charge in [-0.25, -0.2) is 4.98 Å². The van der Waals surface area contributed by atoms with Crippen LogP contribution in [-0.2, 0) is 11.3 Å². The van der Waals surface area contributed by atoms with E-state index in [1.54, 1.807) is 6.07 Å². The summed E-state index contributed by atoms with van der Waals surface area (Å²) in [6.45, 7) is 7.46. The molecule has 1 fully saturated rings. The molecule has 2 heterocycles. The van der Waals surface area contributed by atoms with Gasteiger partial charge in [-0.2, -0.15) is 0 Å². The van der Waals surface area contributed by atoms with E-state index in [9.17, 15) is 14.9 Å². The highest BCUT2D eigenvalue weighted by Crippen LogP contribution is 2.22. The molecule has 1 aliphatic rings. The third-order valence-corrected chi connectivity index (χ3v) is 4.38. The normalized spacial score (nSPS) is 16.4. The predicted molar refractivity (Wildman–Crippen MR) is 92.0 cm³/mol. The Morgan fingerprint density at radius 3 is 2.84 bits per heavy atom. The van der Waals surface area contributed by atoms with Crippen LogP contribution >= 0.6 is 0 Å². The number of non-ortho nitro benzene ring substituents is 1. The number of aromatic nitrogens is 1. The summed E-state index contributed by atoms with van der Waals surface area (Å²) in [6, 6.07) is 4.42. The number of hydrogen-bond acceptors (Lipinski definition) is 6. The fraction of sp³-hybridized carbons (Fsp3) is 0.529. The van der Waals surface area contributed by atoms with Crippen LogP contribution in [-0.4, -0.2) is 51.8 Å². The smallest absolute Gasteiger partial charge is 0.271 e. The van der Waals surface area contributed by atoms with Crippen LogP contribution in [0, 0.1) is 16.0 Å². The van der Waals surface area contributed by atoms with Gasteiger partial charge in [-0.1, -0.05) is 13.8 Å². The Balaban J connectivity index is 1.67. The van der Waals surface area contributed by atoms with Gasteiger partial charge in [0.25, 0.3) is 5.69 Å². The standard InChI is InChI=1S/C17H22N4O4/c1-12(2)17(22)20-7-3-6-19(8-9-20)11-16-18-14-10-13(21(23)24)4-5-15(14)25-16/h4-5,10,12H,3,6-9,11H2,1-2H3. The fourth-order valence-electron chi connectivity index (χ4n) is 3.05. The van der Waals surface area contributed by atoms with E-state index in [4.69, 9.17) is 4.42 Å². The highest BCUT2D eigenvalue weighted by molar-refractivity contribution is 5.78. The molecule has 8 heteroatoms. The number of fused-ring (bicyclic) bond motifs is 1. The molecule has 8 nitrogen and oxygen atoms in total. The molecular weight excluding hydrogens is 324 g/mol. The molecule has 0 bridgehead atoms.